The van der Waals surface area contributed by atoms with Gasteiger partial charge in [-0.25, -0.2) is 0 Å². The van der Waals surface area contributed by atoms with Crippen molar-refractivity contribution in [1.82, 2.24) is 4.90 Å². The SMILES string of the molecule is CC1=CC2=C(CC1)N(C)C(=O)C2(C)C. The summed E-state index contributed by atoms with van der Waals surface area (Å²) in [6, 6.07) is 0. The average molecular weight is 191 g/mol. The van der Waals surface area contributed by atoms with Crippen molar-refractivity contribution in [3.8, 4) is 0 Å². The molecule has 0 atom stereocenters. The molecule has 0 aromatic carbocycles. The number of carbonyl (C=O) groups excluding carboxylic acids is 1. The van der Waals surface area contributed by atoms with Crippen LogP contribution in [0.15, 0.2) is 22.9 Å². The first-order chi connectivity index (χ1) is 6.44. The minimum absolute atomic E-state index is 0.230. The first-order valence-electron chi connectivity index (χ1n) is 5.13. The smallest absolute Gasteiger partial charge is 0.236 e. The van der Waals surface area contributed by atoms with Gasteiger partial charge in [-0.2, -0.15) is 0 Å². The molecule has 0 aromatic heterocycles. The van der Waals surface area contributed by atoms with Gasteiger partial charge >= 0.3 is 0 Å². The molecule has 0 aromatic rings. The van der Waals surface area contributed by atoms with Crippen molar-refractivity contribution in [2.75, 3.05) is 7.05 Å². The molecule has 0 spiro atoms. The number of amides is 1. The van der Waals surface area contributed by atoms with E-state index in [1.807, 2.05) is 25.8 Å². The van der Waals surface area contributed by atoms with E-state index in [-0.39, 0.29) is 11.3 Å². The van der Waals surface area contributed by atoms with Gasteiger partial charge in [0.25, 0.3) is 0 Å². The molecule has 1 aliphatic carbocycles. The van der Waals surface area contributed by atoms with E-state index in [0.29, 0.717) is 0 Å². The lowest BCUT2D eigenvalue weighted by Crippen LogP contribution is -2.30. The van der Waals surface area contributed by atoms with Gasteiger partial charge < -0.3 is 4.90 Å². The molecule has 1 aliphatic heterocycles. The van der Waals surface area contributed by atoms with Crippen molar-refractivity contribution in [3.63, 3.8) is 0 Å². The minimum atomic E-state index is -0.314. The number of rotatable bonds is 0. The fraction of sp³-hybridized carbons (Fsp3) is 0.583. The first kappa shape index (κ1) is 9.50. The Labute approximate surface area is 85.3 Å². The highest BCUT2D eigenvalue weighted by molar-refractivity contribution is 5.91. The fourth-order valence-electron chi connectivity index (χ4n) is 2.40. The maximum atomic E-state index is 12.0. The highest BCUT2D eigenvalue weighted by atomic mass is 16.2. The molecule has 0 unspecified atom stereocenters. The number of nitrogens with zero attached hydrogens (tertiary/aromatic N) is 1. The Kier molecular flexibility index (Phi) is 1.85. The van der Waals surface area contributed by atoms with Crippen LogP contribution >= 0.6 is 0 Å². The monoisotopic (exact) mass is 191 g/mol. The third-order valence-electron chi connectivity index (χ3n) is 3.38. The summed E-state index contributed by atoms with van der Waals surface area (Å²) in [7, 11) is 1.89. The molecule has 1 amide bonds. The van der Waals surface area contributed by atoms with Crippen molar-refractivity contribution in [2.24, 2.45) is 5.41 Å². The van der Waals surface area contributed by atoms with Gasteiger partial charge in [-0.05, 0) is 39.2 Å². The Balaban J connectivity index is 2.53. The molecular formula is C12H17NO. The van der Waals surface area contributed by atoms with E-state index in [1.165, 1.54) is 16.8 Å². The van der Waals surface area contributed by atoms with Gasteiger partial charge in [0, 0.05) is 12.7 Å². The zero-order chi connectivity index (χ0) is 10.5. The Hall–Kier alpha value is -1.05. The van der Waals surface area contributed by atoms with Gasteiger partial charge in [0.05, 0.1) is 5.41 Å². The maximum absolute atomic E-state index is 12.0. The van der Waals surface area contributed by atoms with E-state index in [0.717, 1.165) is 12.8 Å². The second kappa shape index (κ2) is 2.72. The van der Waals surface area contributed by atoms with Gasteiger partial charge in [0.1, 0.15) is 0 Å². The van der Waals surface area contributed by atoms with Crippen LogP contribution in [0.5, 0.6) is 0 Å². The summed E-state index contributed by atoms with van der Waals surface area (Å²) in [6.07, 6.45) is 4.30. The molecule has 76 valence electrons. The molecule has 0 radical (unpaired) electrons. The largest absolute Gasteiger partial charge is 0.318 e. The Morgan fingerprint density at radius 3 is 2.64 bits per heavy atom. The predicted octanol–water partition coefficient (Wildman–Crippen LogP) is 2.48. The van der Waals surface area contributed by atoms with Crippen molar-refractivity contribution >= 4 is 5.91 Å². The molecule has 0 saturated carbocycles. The second-order valence-electron chi connectivity index (χ2n) is 4.84. The van der Waals surface area contributed by atoms with E-state index in [4.69, 9.17) is 0 Å². The maximum Gasteiger partial charge on any atom is 0.236 e. The van der Waals surface area contributed by atoms with Crippen LogP contribution in [0.3, 0.4) is 0 Å². The van der Waals surface area contributed by atoms with E-state index < -0.39 is 0 Å². The van der Waals surface area contributed by atoms with Crippen LogP contribution in [0, 0.1) is 5.41 Å². The van der Waals surface area contributed by atoms with E-state index in [1.54, 1.807) is 0 Å². The van der Waals surface area contributed by atoms with Crippen LogP contribution < -0.4 is 0 Å². The molecule has 14 heavy (non-hydrogen) atoms. The predicted molar refractivity (Wildman–Crippen MR) is 56.6 cm³/mol. The number of allylic oxidation sites excluding steroid dienone is 3. The third kappa shape index (κ3) is 1.06. The van der Waals surface area contributed by atoms with Gasteiger partial charge in [-0.3, -0.25) is 4.79 Å². The van der Waals surface area contributed by atoms with Crippen molar-refractivity contribution in [2.45, 2.75) is 33.6 Å². The lowest BCUT2D eigenvalue weighted by Gasteiger charge is -2.19. The van der Waals surface area contributed by atoms with E-state index >= 15 is 0 Å². The molecule has 2 heteroatoms. The van der Waals surface area contributed by atoms with E-state index in [2.05, 4.69) is 13.0 Å². The minimum Gasteiger partial charge on any atom is -0.318 e. The molecule has 2 rings (SSSR count). The number of hydrogen-bond acceptors (Lipinski definition) is 1. The molecule has 1 heterocycles. The summed E-state index contributed by atoms with van der Waals surface area (Å²) in [5.74, 6) is 0.230. The lowest BCUT2D eigenvalue weighted by molar-refractivity contribution is -0.132. The van der Waals surface area contributed by atoms with Crippen molar-refractivity contribution < 1.29 is 4.79 Å². The first-order valence-corrected chi connectivity index (χ1v) is 5.13. The Morgan fingerprint density at radius 1 is 1.36 bits per heavy atom. The van der Waals surface area contributed by atoms with Crippen LogP contribution in [0.25, 0.3) is 0 Å². The summed E-state index contributed by atoms with van der Waals surface area (Å²) >= 11 is 0. The van der Waals surface area contributed by atoms with Crippen LogP contribution in [0.2, 0.25) is 0 Å². The normalized spacial score (nSPS) is 25.3. The highest BCUT2D eigenvalue weighted by Crippen LogP contribution is 2.44. The van der Waals surface area contributed by atoms with Crippen LogP contribution in [-0.2, 0) is 4.79 Å². The van der Waals surface area contributed by atoms with Crippen LogP contribution in [0.4, 0.5) is 0 Å². The highest BCUT2D eigenvalue weighted by Gasteiger charge is 2.43. The van der Waals surface area contributed by atoms with E-state index in [9.17, 15) is 4.79 Å². The molecule has 2 aliphatic rings. The number of hydrogen-bond donors (Lipinski definition) is 0. The Morgan fingerprint density at radius 2 is 2.00 bits per heavy atom. The van der Waals surface area contributed by atoms with Gasteiger partial charge in [0.15, 0.2) is 0 Å². The number of carbonyl (C=O) groups is 1. The molecule has 0 N–H and O–H groups in total. The summed E-state index contributed by atoms with van der Waals surface area (Å²) in [5, 5.41) is 0. The summed E-state index contributed by atoms with van der Waals surface area (Å²) in [4.78, 5) is 13.8. The standard InChI is InChI=1S/C12H17NO/c1-8-5-6-10-9(7-8)12(2,3)11(14)13(10)4/h7H,5-6H2,1-4H3. The topological polar surface area (TPSA) is 20.3 Å². The van der Waals surface area contributed by atoms with Crippen LogP contribution in [0.1, 0.15) is 33.6 Å². The van der Waals surface area contributed by atoms with Crippen molar-refractivity contribution in [1.29, 1.82) is 0 Å². The summed E-state index contributed by atoms with van der Waals surface area (Å²) in [6.45, 7) is 6.18. The fourth-order valence-corrected chi connectivity index (χ4v) is 2.40. The van der Waals surface area contributed by atoms with Crippen LogP contribution in [-0.4, -0.2) is 17.9 Å². The molecular weight excluding hydrogens is 174 g/mol. The van der Waals surface area contributed by atoms with Gasteiger partial charge in [0.2, 0.25) is 5.91 Å². The molecule has 0 bridgehead atoms. The molecule has 2 nitrogen and oxygen atoms in total. The summed E-state index contributed by atoms with van der Waals surface area (Å²) in [5.41, 5.74) is 3.53. The second-order valence-corrected chi connectivity index (χ2v) is 4.84. The quantitative estimate of drug-likeness (QED) is 0.576. The average Bonchev–Trinajstić information content (AvgIpc) is 2.29. The Bertz CT molecular complexity index is 361. The zero-order valence-corrected chi connectivity index (χ0v) is 9.35. The van der Waals surface area contributed by atoms with Gasteiger partial charge in [-0.15, -0.1) is 0 Å². The summed E-state index contributed by atoms with van der Waals surface area (Å²) < 4.78 is 0. The van der Waals surface area contributed by atoms with Gasteiger partial charge in [-0.1, -0.05) is 11.6 Å². The third-order valence-corrected chi connectivity index (χ3v) is 3.38. The van der Waals surface area contributed by atoms with Crippen molar-refractivity contribution in [3.05, 3.63) is 22.9 Å². The molecule has 0 saturated heterocycles. The molecule has 0 fully saturated rings. The zero-order valence-electron chi connectivity index (χ0n) is 9.35. The lowest BCUT2D eigenvalue weighted by atomic mass is 9.81.